The summed E-state index contributed by atoms with van der Waals surface area (Å²) in [5.74, 6) is 2.96. The Morgan fingerprint density at radius 1 is 0.969 bits per heavy atom. The molecule has 1 fully saturated rings. The molecule has 0 aliphatic carbocycles. The Bertz CT molecular complexity index is 1090. The van der Waals surface area contributed by atoms with Crippen molar-refractivity contribution in [1.29, 1.82) is 0 Å². The van der Waals surface area contributed by atoms with E-state index in [2.05, 4.69) is 10.1 Å². The van der Waals surface area contributed by atoms with Crippen LogP contribution in [0.15, 0.2) is 40.9 Å². The second-order valence-corrected chi connectivity index (χ2v) is 7.28. The minimum absolute atomic E-state index is 0.143. The van der Waals surface area contributed by atoms with Crippen molar-refractivity contribution in [2.45, 2.75) is 18.9 Å². The van der Waals surface area contributed by atoms with Gasteiger partial charge >= 0.3 is 0 Å². The highest BCUT2D eigenvalue weighted by Gasteiger charge is 2.35. The van der Waals surface area contributed by atoms with Gasteiger partial charge in [-0.15, -0.1) is 0 Å². The van der Waals surface area contributed by atoms with Crippen molar-refractivity contribution in [1.82, 2.24) is 15.0 Å². The molecular formula is C23H25N3O6. The number of hydrogen-bond acceptors (Lipinski definition) is 8. The highest BCUT2D eigenvalue weighted by molar-refractivity contribution is 5.95. The summed E-state index contributed by atoms with van der Waals surface area (Å²) in [6, 6.07) is 10.2. The molecule has 32 heavy (non-hydrogen) atoms. The third-order valence-electron chi connectivity index (χ3n) is 5.48. The van der Waals surface area contributed by atoms with E-state index in [1.165, 1.54) is 0 Å². The third kappa shape index (κ3) is 4.05. The van der Waals surface area contributed by atoms with Gasteiger partial charge in [0.15, 0.2) is 11.5 Å². The van der Waals surface area contributed by atoms with Crippen LogP contribution in [-0.4, -0.2) is 55.9 Å². The average molecular weight is 439 g/mol. The van der Waals surface area contributed by atoms with Crippen LogP contribution in [0.1, 0.15) is 35.1 Å². The molecular weight excluding hydrogens is 414 g/mol. The van der Waals surface area contributed by atoms with Crippen molar-refractivity contribution in [3.05, 3.63) is 47.9 Å². The summed E-state index contributed by atoms with van der Waals surface area (Å²) in [7, 11) is 6.25. The molecule has 9 nitrogen and oxygen atoms in total. The Hall–Kier alpha value is -3.75. The second-order valence-electron chi connectivity index (χ2n) is 7.28. The van der Waals surface area contributed by atoms with Crippen molar-refractivity contribution in [2.75, 3.05) is 35.0 Å². The average Bonchev–Trinajstić information content (AvgIpc) is 3.52. The van der Waals surface area contributed by atoms with Gasteiger partial charge in [0.2, 0.25) is 11.7 Å². The van der Waals surface area contributed by atoms with Crippen molar-refractivity contribution in [3.8, 4) is 34.4 Å². The third-order valence-corrected chi connectivity index (χ3v) is 5.48. The van der Waals surface area contributed by atoms with E-state index in [-0.39, 0.29) is 11.9 Å². The topological polar surface area (TPSA) is 96.2 Å². The number of hydrogen-bond donors (Lipinski definition) is 0. The van der Waals surface area contributed by atoms with E-state index < -0.39 is 0 Å². The Morgan fingerprint density at radius 3 is 2.34 bits per heavy atom. The van der Waals surface area contributed by atoms with Gasteiger partial charge in [0, 0.05) is 23.7 Å². The summed E-state index contributed by atoms with van der Waals surface area (Å²) < 4.78 is 26.8. The molecule has 0 saturated carbocycles. The molecule has 1 atom stereocenters. The van der Waals surface area contributed by atoms with Crippen molar-refractivity contribution < 1.29 is 28.3 Å². The number of benzene rings is 2. The zero-order valence-corrected chi connectivity index (χ0v) is 18.5. The molecule has 168 valence electrons. The van der Waals surface area contributed by atoms with Gasteiger partial charge in [0.05, 0.1) is 28.4 Å². The summed E-state index contributed by atoms with van der Waals surface area (Å²) in [6.07, 6.45) is 1.58. The lowest BCUT2D eigenvalue weighted by Crippen LogP contribution is -2.30. The van der Waals surface area contributed by atoms with Crippen molar-refractivity contribution in [2.24, 2.45) is 0 Å². The summed E-state index contributed by atoms with van der Waals surface area (Å²) >= 11 is 0. The molecule has 1 unspecified atom stereocenters. The molecule has 2 heterocycles. The van der Waals surface area contributed by atoms with Gasteiger partial charge in [-0.2, -0.15) is 4.98 Å². The number of amides is 1. The van der Waals surface area contributed by atoms with Crippen LogP contribution in [0.4, 0.5) is 0 Å². The molecule has 3 aromatic rings. The highest BCUT2D eigenvalue weighted by Crippen LogP contribution is 2.36. The number of methoxy groups -OCH3 is 4. The molecule has 9 heteroatoms. The molecule has 1 aliphatic rings. The maximum absolute atomic E-state index is 13.3. The predicted octanol–water partition coefficient (Wildman–Crippen LogP) is 3.75. The van der Waals surface area contributed by atoms with E-state index in [4.69, 9.17) is 23.5 Å². The number of rotatable bonds is 7. The number of aromatic nitrogens is 2. The first kappa shape index (κ1) is 21.5. The summed E-state index contributed by atoms with van der Waals surface area (Å²) in [6.45, 7) is 0.594. The van der Waals surface area contributed by atoms with Crippen LogP contribution in [0, 0.1) is 0 Å². The number of nitrogens with zero attached hydrogens (tertiary/aromatic N) is 3. The largest absolute Gasteiger partial charge is 0.497 e. The molecule has 1 aromatic heterocycles. The zero-order valence-electron chi connectivity index (χ0n) is 18.5. The SMILES string of the molecule is COc1cc(OC)cc(C(=O)N2CCCC2c2nc(-c3ccc(OC)c(OC)c3)no2)c1. The van der Waals surface area contributed by atoms with Crippen LogP contribution >= 0.6 is 0 Å². The number of likely N-dealkylation sites (tertiary alicyclic amines) is 1. The van der Waals surface area contributed by atoms with Gasteiger partial charge in [-0.1, -0.05) is 5.16 Å². The maximum Gasteiger partial charge on any atom is 0.254 e. The van der Waals surface area contributed by atoms with E-state index >= 15 is 0 Å². The predicted molar refractivity (Wildman–Crippen MR) is 115 cm³/mol. The van der Waals surface area contributed by atoms with E-state index in [0.717, 1.165) is 18.4 Å². The van der Waals surface area contributed by atoms with Gasteiger partial charge in [0.1, 0.15) is 17.5 Å². The fourth-order valence-electron chi connectivity index (χ4n) is 3.83. The Labute approximate surface area is 185 Å². The standard InChI is InChI=1S/C23H25N3O6/c1-28-16-10-15(11-17(13-16)29-2)23(27)26-9-5-6-18(26)22-24-21(25-32-22)14-7-8-19(30-3)20(12-14)31-4/h7-8,10-13,18H,5-6,9H2,1-4H3. The lowest BCUT2D eigenvalue weighted by atomic mass is 10.1. The summed E-state index contributed by atoms with van der Waals surface area (Å²) in [4.78, 5) is 19.6. The normalized spacial score (nSPS) is 15.5. The molecule has 0 spiro atoms. The van der Waals surface area contributed by atoms with Crippen LogP contribution in [0.3, 0.4) is 0 Å². The monoisotopic (exact) mass is 439 g/mol. The zero-order chi connectivity index (χ0) is 22.7. The van der Waals surface area contributed by atoms with Crippen molar-refractivity contribution >= 4 is 5.91 Å². The van der Waals surface area contributed by atoms with Crippen LogP contribution in [0.5, 0.6) is 23.0 Å². The van der Waals surface area contributed by atoms with Gasteiger partial charge < -0.3 is 28.4 Å². The number of carbonyl (C=O) groups excluding carboxylic acids is 1. The number of ether oxygens (including phenoxy) is 4. The molecule has 2 aromatic carbocycles. The highest BCUT2D eigenvalue weighted by atomic mass is 16.5. The van der Waals surface area contributed by atoms with E-state index in [0.29, 0.717) is 46.8 Å². The molecule has 4 rings (SSSR count). The van der Waals surface area contributed by atoms with E-state index in [1.54, 1.807) is 63.7 Å². The summed E-state index contributed by atoms with van der Waals surface area (Å²) in [5, 5.41) is 4.12. The molecule has 1 amide bonds. The van der Waals surface area contributed by atoms with E-state index in [9.17, 15) is 4.79 Å². The van der Waals surface area contributed by atoms with Gasteiger partial charge in [0.25, 0.3) is 5.91 Å². The van der Waals surface area contributed by atoms with Crippen LogP contribution in [-0.2, 0) is 0 Å². The van der Waals surface area contributed by atoms with Crippen LogP contribution in [0.2, 0.25) is 0 Å². The fraction of sp³-hybridized carbons (Fsp3) is 0.348. The van der Waals surface area contributed by atoms with Gasteiger partial charge in [-0.3, -0.25) is 4.79 Å². The molecule has 1 aliphatic heterocycles. The smallest absolute Gasteiger partial charge is 0.254 e. The van der Waals surface area contributed by atoms with Crippen molar-refractivity contribution in [3.63, 3.8) is 0 Å². The molecule has 1 saturated heterocycles. The van der Waals surface area contributed by atoms with Gasteiger partial charge in [-0.25, -0.2) is 0 Å². The first-order valence-corrected chi connectivity index (χ1v) is 10.2. The maximum atomic E-state index is 13.3. The van der Waals surface area contributed by atoms with Gasteiger partial charge in [-0.05, 0) is 43.2 Å². The van der Waals surface area contributed by atoms with E-state index in [1.807, 2.05) is 6.07 Å². The molecule has 0 radical (unpaired) electrons. The summed E-state index contributed by atoms with van der Waals surface area (Å²) in [5.41, 5.74) is 1.21. The Balaban J connectivity index is 1.60. The lowest BCUT2D eigenvalue weighted by Gasteiger charge is -2.22. The Morgan fingerprint density at radius 2 is 1.69 bits per heavy atom. The molecule has 0 N–H and O–H groups in total. The Kier molecular flexibility index (Phi) is 6.16. The fourth-order valence-corrected chi connectivity index (χ4v) is 3.83. The minimum atomic E-state index is -0.305. The minimum Gasteiger partial charge on any atom is -0.497 e. The first-order chi connectivity index (χ1) is 15.6. The first-order valence-electron chi connectivity index (χ1n) is 10.2. The lowest BCUT2D eigenvalue weighted by molar-refractivity contribution is 0.0709. The number of carbonyl (C=O) groups is 1. The molecule has 0 bridgehead atoms. The van der Waals surface area contributed by atoms with Crippen LogP contribution in [0.25, 0.3) is 11.4 Å². The van der Waals surface area contributed by atoms with Crippen LogP contribution < -0.4 is 18.9 Å². The quantitative estimate of drug-likeness (QED) is 0.549. The second kappa shape index (κ2) is 9.17.